The maximum absolute atomic E-state index is 3.78. The largest absolute Gasteiger partial charge is 0.282 e. The highest BCUT2D eigenvalue weighted by molar-refractivity contribution is 9.09. The summed E-state index contributed by atoms with van der Waals surface area (Å²) in [7, 11) is 0. The van der Waals surface area contributed by atoms with Crippen LogP contribution >= 0.6 is 15.9 Å². The average molecular weight is 270 g/mol. The SMILES string of the molecule is CC(C)N(C(C)C)C(Br)c1ccccc1. The standard InChI is InChI=1S/C13H20BrN/c1-10(2)15(11(3)4)13(14)12-8-6-5-7-9-12/h5-11,13H,1-4H3. The molecule has 84 valence electrons. The Kier molecular flexibility index (Phi) is 4.81. The minimum atomic E-state index is 0.304. The van der Waals surface area contributed by atoms with Crippen LogP contribution in [0.25, 0.3) is 0 Å². The molecule has 1 unspecified atom stereocenters. The zero-order chi connectivity index (χ0) is 11.4. The Labute approximate surface area is 102 Å². The van der Waals surface area contributed by atoms with Crippen LogP contribution in [0.3, 0.4) is 0 Å². The molecular weight excluding hydrogens is 250 g/mol. The van der Waals surface area contributed by atoms with E-state index in [1.54, 1.807) is 0 Å². The molecular formula is C13H20BrN. The second-order valence-corrected chi connectivity index (χ2v) is 5.25. The van der Waals surface area contributed by atoms with Crippen molar-refractivity contribution >= 4 is 15.9 Å². The molecule has 0 fully saturated rings. The van der Waals surface area contributed by atoms with Crippen molar-refractivity contribution in [2.24, 2.45) is 0 Å². The lowest BCUT2D eigenvalue weighted by atomic mass is 10.1. The molecule has 0 aliphatic carbocycles. The molecule has 0 N–H and O–H groups in total. The van der Waals surface area contributed by atoms with Crippen LogP contribution in [0.5, 0.6) is 0 Å². The van der Waals surface area contributed by atoms with Gasteiger partial charge in [0, 0.05) is 12.1 Å². The molecule has 0 radical (unpaired) electrons. The summed E-state index contributed by atoms with van der Waals surface area (Å²) in [6.45, 7) is 8.93. The fourth-order valence-corrected chi connectivity index (χ4v) is 3.15. The minimum Gasteiger partial charge on any atom is -0.282 e. The normalized spacial score (nSPS) is 13.9. The molecule has 1 atom stereocenters. The quantitative estimate of drug-likeness (QED) is 0.585. The van der Waals surface area contributed by atoms with Crippen LogP contribution in [-0.2, 0) is 0 Å². The Morgan fingerprint density at radius 3 is 1.80 bits per heavy atom. The number of nitrogens with zero attached hydrogens (tertiary/aromatic N) is 1. The summed E-state index contributed by atoms with van der Waals surface area (Å²) in [6, 6.07) is 11.6. The van der Waals surface area contributed by atoms with Crippen LogP contribution < -0.4 is 0 Å². The number of rotatable bonds is 4. The van der Waals surface area contributed by atoms with E-state index in [4.69, 9.17) is 0 Å². The molecule has 0 heterocycles. The predicted molar refractivity (Wildman–Crippen MR) is 70.2 cm³/mol. The maximum Gasteiger partial charge on any atom is 0.0916 e. The van der Waals surface area contributed by atoms with E-state index < -0.39 is 0 Å². The van der Waals surface area contributed by atoms with Crippen LogP contribution in [0.1, 0.15) is 38.2 Å². The van der Waals surface area contributed by atoms with Gasteiger partial charge in [-0.25, -0.2) is 0 Å². The third kappa shape index (κ3) is 3.32. The lowest BCUT2D eigenvalue weighted by molar-refractivity contribution is 0.163. The molecule has 0 aliphatic rings. The van der Waals surface area contributed by atoms with Crippen molar-refractivity contribution in [2.45, 2.75) is 44.7 Å². The van der Waals surface area contributed by atoms with E-state index >= 15 is 0 Å². The molecule has 2 heteroatoms. The van der Waals surface area contributed by atoms with Crippen LogP contribution in [0.4, 0.5) is 0 Å². The first-order chi connectivity index (χ1) is 7.04. The number of halogens is 1. The third-order valence-corrected chi connectivity index (χ3v) is 3.53. The van der Waals surface area contributed by atoms with Gasteiger partial charge in [0.25, 0.3) is 0 Å². The Hall–Kier alpha value is -0.340. The van der Waals surface area contributed by atoms with Crippen LogP contribution in [-0.4, -0.2) is 17.0 Å². The molecule has 1 nitrogen and oxygen atoms in total. The number of benzene rings is 1. The Balaban J connectivity index is 2.86. The Bertz CT molecular complexity index is 274. The number of hydrogen-bond donors (Lipinski definition) is 0. The van der Waals surface area contributed by atoms with E-state index in [9.17, 15) is 0 Å². The van der Waals surface area contributed by atoms with Crippen molar-refractivity contribution in [3.05, 3.63) is 35.9 Å². The van der Waals surface area contributed by atoms with Gasteiger partial charge in [-0.05, 0) is 33.3 Å². The van der Waals surface area contributed by atoms with E-state index in [2.05, 4.69) is 78.9 Å². The molecule has 0 saturated carbocycles. The van der Waals surface area contributed by atoms with Gasteiger partial charge in [-0.1, -0.05) is 46.3 Å². The highest BCUT2D eigenvalue weighted by Crippen LogP contribution is 2.30. The van der Waals surface area contributed by atoms with Gasteiger partial charge in [-0.15, -0.1) is 0 Å². The van der Waals surface area contributed by atoms with Crippen LogP contribution in [0, 0.1) is 0 Å². The highest BCUT2D eigenvalue weighted by Gasteiger charge is 2.22. The van der Waals surface area contributed by atoms with Gasteiger partial charge >= 0.3 is 0 Å². The topological polar surface area (TPSA) is 3.24 Å². The molecule has 1 aromatic rings. The van der Waals surface area contributed by atoms with E-state index in [-0.39, 0.29) is 0 Å². The molecule has 1 rings (SSSR count). The van der Waals surface area contributed by atoms with Gasteiger partial charge in [-0.3, -0.25) is 4.90 Å². The third-order valence-electron chi connectivity index (χ3n) is 2.53. The first kappa shape index (κ1) is 12.7. The maximum atomic E-state index is 3.78. The van der Waals surface area contributed by atoms with Crippen molar-refractivity contribution in [3.63, 3.8) is 0 Å². The van der Waals surface area contributed by atoms with Crippen LogP contribution in [0.2, 0.25) is 0 Å². The summed E-state index contributed by atoms with van der Waals surface area (Å²) in [6.07, 6.45) is 0. The molecule has 0 bridgehead atoms. The Morgan fingerprint density at radius 1 is 0.933 bits per heavy atom. The molecule has 0 spiro atoms. The summed E-state index contributed by atoms with van der Waals surface area (Å²) >= 11 is 3.78. The Morgan fingerprint density at radius 2 is 1.40 bits per heavy atom. The molecule has 0 amide bonds. The van der Waals surface area contributed by atoms with Gasteiger partial charge in [0.2, 0.25) is 0 Å². The van der Waals surface area contributed by atoms with Gasteiger partial charge in [0.15, 0.2) is 0 Å². The van der Waals surface area contributed by atoms with Gasteiger partial charge in [0.1, 0.15) is 0 Å². The fourth-order valence-electron chi connectivity index (χ4n) is 1.90. The van der Waals surface area contributed by atoms with E-state index in [0.29, 0.717) is 17.0 Å². The van der Waals surface area contributed by atoms with Crippen molar-refractivity contribution < 1.29 is 0 Å². The molecule has 0 saturated heterocycles. The number of hydrogen-bond acceptors (Lipinski definition) is 1. The van der Waals surface area contributed by atoms with E-state index in [1.165, 1.54) is 5.56 Å². The zero-order valence-corrected chi connectivity index (χ0v) is 11.5. The molecule has 0 aromatic heterocycles. The lowest BCUT2D eigenvalue weighted by Gasteiger charge is -2.35. The predicted octanol–water partition coefficient (Wildman–Crippen LogP) is 4.20. The number of alkyl halides is 1. The second-order valence-electron chi connectivity index (χ2n) is 4.38. The van der Waals surface area contributed by atoms with Gasteiger partial charge < -0.3 is 0 Å². The zero-order valence-electron chi connectivity index (χ0n) is 9.94. The molecule has 1 aromatic carbocycles. The smallest absolute Gasteiger partial charge is 0.0916 e. The summed E-state index contributed by atoms with van der Waals surface area (Å²) in [5, 5.41) is 0. The van der Waals surface area contributed by atoms with Gasteiger partial charge in [0.05, 0.1) is 4.95 Å². The monoisotopic (exact) mass is 269 g/mol. The molecule has 0 aliphatic heterocycles. The summed E-state index contributed by atoms with van der Waals surface area (Å²) in [5.41, 5.74) is 1.32. The minimum absolute atomic E-state index is 0.304. The van der Waals surface area contributed by atoms with Crippen molar-refractivity contribution in [3.8, 4) is 0 Å². The average Bonchev–Trinajstić information content (AvgIpc) is 2.18. The lowest BCUT2D eigenvalue weighted by Crippen LogP contribution is -2.37. The first-order valence-electron chi connectivity index (χ1n) is 5.50. The highest BCUT2D eigenvalue weighted by atomic mass is 79.9. The van der Waals surface area contributed by atoms with Crippen LogP contribution in [0.15, 0.2) is 30.3 Å². The summed E-state index contributed by atoms with van der Waals surface area (Å²) in [5.74, 6) is 0. The molecule has 15 heavy (non-hydrogen) atoms. The fraction of sp³-hybridized carbons (Fsp3) is 0.538. The van der Waals surface area contributed by atoms with E-state index in [1.807, 2.05) is 0 Å². The first-order valence-corrected chi connectivity index (χ1v) is 6.42. The van der Waals surface area contributed by atoms with Gasteiger partial charge in [-0.2, -0.15) is 0 Å². The van der Waals surface area contributed by atoms with Crippen molar-refractivity contribution in [2.75, 3.05) is 0 Å². The summed E-state index contributed by atoms with van der Waals surface area (Å²) in [4.78, 5) is 2.76. The second kappa shape index (κ2) is 5.66. The van der Waals surface area contributed by atoms with Crippen molar-refractivity contribution in [1.29, 1.82) is 0 Å². The van der Waals surface area contributed by atoms with Crippen molar-refractivity contribution in [1.82, 2.24) is 4.90 Å². The van der Waals surface area contributed by atoms with E-state index in [0.717, 1.165) is 0 Å². The summed E-state index contributed by atoms with van der Waals surface area (Å²) < 4.78 is 0.